The van der Waals surface area contributed by atoms with Crippen molar-refractivity contribution in [1.29, 1.82) is 0 Å². The van der Waals surface area contributed by atoms with E-state index in [1.54, 1.807) is 12.4 Å². The highest BCUT2D eigenvalue weighted by Gasteiger charge is 2.04. The van der Waals surface area contributed by atoms with Crippen molar-refractivity contribution >= 4 is 0 Å². The maximum absolute atomic E-state index is 5.64. The number of para-hydroxylation sites is 1. The second kappa shape index (κ2) is 5.35. The highest BCUT2D eigenvalue weighted by atomic mass is 16.5. The van der Waals surface area contributed by atoms with Crippen molar-refractivity contribution in [3.8, 4) is 17.0 Å². The van der Waals surface area contributed by atoms with Gasteiger partial charge in [0, 0.05) is 18.0 Å². The fourth-order valence-electron chi connectivity index (χ4n) is 1.78. The molecule has 0 saturated heterocycles. The smallest absolute Gasteiger partial charge is 0.132 e. The summed E-state index contributed by atoms with van der Waals surface area (Å²) in [6, 6.07) is 15.6. The molecule has 0 radical (unpaired) electrons. The summed E-state index contributed by atoms with van der Waals surface area (Å²) in [5.74, 6) is 0.841. The highest BCUT2D eigenvalue weighted by molar-refractivity contribution is 5.57. The number of ether oxygens (including phenoxy) is 1. The Hall–Kier alpha value is -2.62. The Balaban J connectivity index is 1.69. The van der Waals surface area contributed by atoms with Crippen molar-refractivity contribution in [2.75, 3.05) is 0 Å². The lowest BCUT2D eigenvalue weighted by Gasteiger charge is -2.02. The number of nitrogens with zero attached hydrogens (tertiary/aromatic N) is 2. The Labute approximate surface area is 111 Å². The lowest BCUT2D eigenvalue weighted by molar-refractivity contribution is 0.301. The first-order valence-electron chi connectivity index (χ1n) is 6.04. The quantitative estimate of drug-likeness (QED) is 0.775. The first kappa shape index (κ1) is 11.5. The SMILES string of the molecule is c1ccc(OCc2cc(-c3cccnc3)[nH]n2)cc1. The van der Waals surface area contributed by atoms with Crippen LogP contribution in [0.25, 0.3) is 11.3 Å². The molecule has 0 atom stereocenters. The van der Waals surface area contributed by atoms with Gasteiger partial charge in [-0.1, -0.05) is 18.2 Å². The highest BCUT2D eigenvalue weighted by Crippen LogP contribution is 2.17. The van der Waals surface area contributed by atoms with Crippen LogP contribution in [-0.4, -0.2) is 15.2 Å². The topological polar surface area (TPSA) is 50.8 Å². The van der Waals surface area contributed by atoms with Gasteiger partial charge < -0.3 is 4.74 Å². The van der Waals surface area contributed by atoms with Gasteiger partial charge >= 0.3 is 0 Å². The van der Waals surface area contributed by atoms with Gasteiger partial charge in [-0.15, -0.1) is 0 Å². The Morgan fingerprint density at radius 2 is 1.95 bits per heavy atom. The summed E-state index contributed by atoms with van der Waals surface area (Å²) in [6.07, 6.45) is 3.55. The molecule has 0 amide bonds. The molecular formula is C15H13N3O. The monoisotopic (exact) mass is 251 g/mol. The maximum Gasteiger partial charge on any atom is 0.132 e. The van der Waals surface area contributed by atoms with Crippen molar-refractivity contribution in [1.82, 2.24) is 15.2 Å². The number of pyridine rings is 1. The minimum absolute atomic E-state index is 0.445. The fraction of sp³-hybridized carbons (Fsp3) is 0.0667. The number of aromatic nitrogens is 3. The van der Waals surface area contributed by atoms with E-state index in [0.29, 0.717) is 6.61 Å². The van der Waals surface area contributed by atoms with Crippen molar-refractivity contribution < 1.29 is 4.74 Å². The largest absolute Gasteiger partial charge is 0.487 e. The third-order valence-corrected chi connectivity index (χ3v) is 2.73. The third-order valence-electron chi connectivity index (χ3n) is 2.73. The number of hydrogen-bond donors (Lipinski definition) is 1. The zero-order valence-electron chi connectivity index (χ0n) is 10.3. The van der Waals surface area contributed by atoms with Crippen LogP contribution in [0.5, 0.6) is 5.75 Å². The van der Waals surface area contributed by atoms with Crippen LogP contribution in [0, 0.1) is 0 Å². The van der Waals surface area contributed by atoms with Gasteiger partial charge in [-0.2, -0.15) is 5.10 Å². The van der Waals surface area contributed by atoms with Gasteiger partial charge in [-0.25, -0.2) is 0 Å². The van der Waals surface area contributed by atoms with E-state index >= 15 is 0 Å². The average Bonchev–Trinajstić information content (AvgIpc) is 2.96. The van der Waals surface area contributed by atoms with Crippen LogP contribution in [0.15, 0.2) is 60.9 Å². The molecule has 4 heteroatoms. The molecule has 0 aliphatic rings. The van der Waals surface area contributed by atoms with E-state index in [0.717, 1.165) is 22.7 Å². The zero-order chi connectivity index (χ0) is 12.9. The van der Waals surface area contributed by atoms with Gasteiger partial charge in [0.15, 0.2) is 0 Å². The van der Waals surface area contributed by atoms with Crippen LogP contribution < -0.4 is 4.74 Å². The van der Waals surface area contributed by atoms with E-state index in [1.807, 2.05) is 48.5 Å². The molecule has 19 heavy (non-hydrogen) atoms. The number of H-pyrrole nitrogens is 1. The van der Waals surface area contributed by atoms with E-state index in [9.17, 15) is 0 Å². The molecule has 3 aromatic rings. The molecule has 1 aromatic carbocycles. The Morgan fingerprint density at radius 3 is 2.74 bits per heavy atom. The lowest BCUT2D eigenvalue weighted by atomic mass is 10.2. The first-order chi connectivity index (χ1) is 9.42. The van der Waals surface area contributed by atoms with Crippen molar-refractivity contribution in [3.63, 3.8) is 0 Å². The number of benzene rings is 1. The predicted molar refractivity (Wildman–Crippen MR) is 72.6 cm³/mol. The van der Waals surface area contributed by atoms with Crippen LogP contribution in [0.2, 0.25) is 0 Å². The Morgan fingerprint density at radius 1 is 1.05 bits per heavy atom. The summed E-state index contributed by atoms with van der Waals surface area (Å²) in [4.78, 5) is 4.08. The van der Waals surface area contributed by atoms with E-state index in [2.05, 4.69) is 15.2 Å². The molecular weight excluding hydrogens is 238 g/mol. The molecule has 0 saturated carbocycles. The fourth-order valence-corrected chi connectivity index (χ4v) is 1.78. The van der Waals surface area contributed by atoms with E-state index in [-0.39, 0.29) is 0 Å². The van der Waals surface area contributed by atoms with Gasteiger partial charge in [0.25, 0.3) is 0 Å². The van der Waals surface area contributed by atoms with Crippen molar-refractivity contribution in [2.24, 2.45) is 0 Å². The molecule has 0 bridgehead atoms. The predicted octanol–water partition coefficient (Wildman–Crippen LogP) is 3.05. The maximum atomic E-state index is 5.64. The normalized spacial score (nSPS) is 10.3. The lowest BCUT2D eigenvalue weighted by Crippen LogP contribution is -1.95. The molecule has 2 heterocycles. The Kier molecular flexibility index (Phi) is 3.23. The second-order valence-electron chi connectivity index (χ2n) is 4.12. The molecule has 2 aromatic heterocycles. The van der Waals surface area contributed by atoms with Crippen LogP contribution in [0.4, 0.5) is 0 Å². The van der Waals surface area contributed by atoms with Gasteiger partial charge in [0.05, 0.1) is 5.69 Å². The molecule has 94 valence electrons. The summed E-state index contributed by atoms with van der Waals surface area (Å²) in [6.45, 7) is 0.445. The standard InChI is InChI=1S/C15H13N3O/c1-2-6-14(7-3-1)19-11-13-9-15(18-17-13)12-5-4-8-16-10-12/h1-10H,11H2,(H,17,18). The zero-order valence-corrected chi connectivity index (χ0v) is 10.3. The average molecular weight is 251 g/mol. The molecule has 0 fully saturated rings. The Bertz CT molecular complexity index is 635. The van der Waals surface area contributed by atoms with Crippen LogP contribution in [0.3, 0.4) is 0 Å². The van der Waals surface area contributed by atoms with Gasteiger partial charge in [-0.3, -0.25) is 10.1 Å². The van der Waals surface area contributed by atoms with Gasteiger partial charge in [0.2, 0.25) is 0 Å². The molecule has 1 N–H and O–H groups in total. The van der Waals surface area contributed by atoms with Crippen LogP contribution in [-0.2, 0) is 6.61 Å². The summed E-state index contributed by atoms with van der Waals surface area (Å²) < 4.78 is 5.64. The van der Waals surface area contributed by atoms with Gasteiger partial charge in [0.1, 0.15) is 18.1 Å². The number of nitrogens with one attached hydrogen (secondary N) is 1. The third kappa shape index (κ3) is 2.80. The number of hydrogen-bond acceptors (Lipinski definition) is 3. The molecule has 0 unspecified atom stereocenters. The van der Waals surface area contributed by atoms with E-state index in [1.165, 1.54) is 0 Å². The summed E-state index contributed by atoms with van der Waals surface area (Å²) in [5, 5.41) is 7.22. The molecule has 0 spiro atoms. The second-order valence-corrected chi connectivity index (χ2v) is 4.12. The number of aromatic amines is 1. The van der Waals surface area contributed by atoms with Crippen LogP contribution in [0.1, 0.15) is 5.69 Å². The van der Waals surface area contributed by atoms with Crippen molar-refractivity contribution in [3.05, 3.63) is 66.6 Å². The van der Waals surface area contributed by atoms with Crippen molar-refractivity contribution in [2.45, 2.75) is 6.61 Å². The minimum Gasteiger partial charge on any atom is -0.487 e. The summed E-state index contributed by atoms with van der Waals surface area (Å²) in [7, 11) is 0. The van der Waals surface area contributed by atoms with E-state index in [4.69, 9.17) is 4.74 Å². The number of rotatable bonds is 4. The van der Waals surface area contributed by atoms with Gasteiger partial charge in [-0.05, 0) is 30.3 Å². The molecule has 0 aliphatic carbocycles. The minimum atomic E-state index is 0.445. The molecule has 3 rings (SSSR count). The molecule has 4 nitrogen and oxygen atoms in total. The van der Waals surface area contributed by atoms with Crippen LogP contribution >= 0.6 is 0 Å². The molecule has 0 aliphatic heterocycles. The first-order valence-corrected chi connectivity index (χ1v) is 6.04. The van der Waals surface area contributed by atoms with E-state index < -0.39 is 0 Å². The summed E-state index contributed by atoms with van der Waals surface area (Å²) in [5.41, 5.74) is 2.82. The summed E-state index contributed by atoms with van der Waals surface area (Å²) >= 11 is 0.